The van der Waals surface area contributed by atoms with Crippen molar-refractivity contribution >= 4 is 31.6 Å². The molecule has 1 aromatic carbocycles. The number of sulfonamides is 1. The van der Waals surface area contributed by atoms with Crippen LogP contribution in [0.2, 0.25) is 0 Å². The van der Waals surface area contributed by atoms with Crippen LogP contribution in [0.15, 0.2) is 21.5 Å². The fourth-order valence-electron chi connectivity index (χ4n) is 1.99. The van der Waals surface area contributed by atoms with E-state index in [2.05, 4.69) is 20.7 Å². The third kappa shape index (κ3) is 2.76. The van der Waals surface area contributed by atoms with E-state index in [1.165, 1.54) is 0 Å². The minimum Gasteiger partial charge on any atom is -0.398 e. The summed E-state index contributed by atoms with van der Waals surface area (Å²) in [5.41, 5.74) is 4.84. The van der Waals surface area contributed by atoms with Gasteiger partial charge in [-0.2, -0.15) is 0 Å². The number of benzene rings is 1. The first-order valence-electron chi connectivity index (χ1n) is 5.69. The number of nitrogens with one attached hydrogen (secondary N) is 1. The highest BCUT2D eigenvalue weighted by molar-refractivity contribution is 9.10. The molecule has 0 amide bonds. The minimum atomic E-state index is -4.05. The van der Waals surface area contributed by atoms with E-state index in [1.807, 2.05) is 0 Å². The first-order chi connectivity index (χ1) is 8.80. The largest absolute Gasteiger partial charge is 0.398 e. The van der Waals surface area contributed by atoms with Gasteiger partial charge in [0.2, 0.25) is 10.0 Å². The van der Waals surface area contributed by atoms with Gasteiger partial charge in [-0.15, -0.1) is 0 Å². The van der Waals surface area contributed by atoms with Crippen LogP contribution >= 0.6 is 15.9 Å². The van der Waals surface area contributed by atoms with Crippen molar-refractivity contribution in [1.82, 2.24) is 4.72 Å². The molecule has 5 nitrogen and oxygen atoms in total. The lowest BCUT2D eigenvalue weighted by Gasteiger charge is -2.40. The number of halogens is 2. The molecule has 0 spiro atoms. The van der Waals surface area contributed by atoms with Crippen LogP contribution in [0.3, 0.4) is 0 Å². The Morgan fingerprint density at radius 2 is 2.11 bits per heavy atom. The van der Waals surface area contributed by atoms with E-state index < -0.39 is 26.3 Å². The second kappa shape index (κ2) is 5.01. The number of rotatable bonds is 4. The van der Waals surface area contributed by atoms with Gasteiger partial charge in [-0.1, -0.05) is 0 Å². The average molecular weight is 353 g/mol. The fraction of sp³-hybridized carbons (Fsp3) is 0.455. The van der Waals surface area contributed by atoms with Crippen molar-refractivity contribution in [3.8, 4) is 0 Å². The van der Waals surface area contributed by atoms with E-state index in [1.54, 1.807) is 0 Å². The standard InChI is InChI=1S/C11H14BrFN2O3S/c12-7-4-8(13)10(5-9(7)14)19(17,18)15-11(6-16)2-1-3-11/h4-5,15-16H,1-3,6,14H2. The monoisotopic (exact) mass is 352 g/mol. The molecule has 0 saturated heterocycles. The zero-order valence-electron chi connectivity index (χ0n) is 9.99. The fourth-order valence-corrected chi connectivity index (χ4v) is 3.85. The number of aliphatic hydroxyl groups excluding tert-OH is 1. The molecule has 19 heavy (non-hydrogen) atoms. The first kappa shape index (κ1) is 14.7. The first-order valence-corrected chi connectivity index (χ1v) is 7.97. The molecule has 0 unspecified atom stereocenters. The van der Waals surface area contributed by atoms with Gasteiger partial charge < -0.3 is 10.8 Å². The third-order valence-corrected chi connectivity index (χ3v) is 5.59. The van der Waals surface area contributed by atoms with Gasteiger partial charge in [-0.3, -0.25) is 0 Å². The predicted octanol–water partition coefficient (Wildman–Crippen LogP) is 1.36. The Morgan fingerprint density at radius 1 is 1.47 bits per heavy atom. The number of hydrogen-bond acceptors (Lipinski definition) is 4. The van der Waals surface area contributed by atoms with Crippen molar-refractivity contribution in [2.45, 2.75) is 29.7 Å². The van der Waals surface area contributed by atoms with Crippen molar-refractivity contribution in [1.29, 1.82) is 0 Å². The van der Waals surface area contributed by atoms with Gasteiger partial charge in [0, 0.05) is 10.2 Å². The van der Waals surface area contributed by atoms with Crippen molar-refractivity contribution in [3.05, 3.63) is 22.4 Å². The molecule has 4 N–H and O–H groups in total. The molecule has 1 saturated carbocycles. The van der Waals surface area contributed by atoms with E-state index in [-0.39, 0.29) is 12.3 Å². The molecule has 0 aromatic heterocycles. The Hall–Kier alpha value is -0.700. The van der Waals surface area contributed by atoms with Gasteiger partial charge in [0.25, 0.3) is 0 Å². The molecule has 1 aliphatic rings. The van der Waals surface area contributed by atoms with Crippen LogP contribution < -0.4 is 10.5 Å². The molecule has 0 heterocycles. The molecule has 0 atom stereocenters. The summed E-state index contributed by atoms with van der Waals surface area (Å²) in [5.74, 6) is -0.888. The Labute approximate surface area is 119 Å². The summed E-state index contributed by atoms with van der Waals surface area (Å²) in [6.07, 6.45) is 1.90. The summed E-state index contributed by atoms with van der Waals surface area (Å²) >= 11 is 3.03. The predicted molar refractivity (Wildman–Crippen MR) is 72.5 cm³/mol. The van der Waals surface area contributed by atoms with Crippen molar-refractivity contribution in [3.63, 3.8) is 0 Å². The second-order valence-electron chi connectivity index (χ2n) is 4.70. The third-order valence-electron chi connectivity index (χ3n) is 3.30. The van der Waals surface area contributed by atoms with Gasteiger partial charge in [0.1, 0.15) is 10.7 Å². The van der Waals surface area contributed by atoms with Crippen LogP contribution in [0.4, 0.5) is 10.1 Å². The van der Waals surface area contributed by atoms with E-state index >= 15 is 0 Å². The SMILES string of the molecule is Nc1cc(S(=O)(=O)NC2(CO)CCC2)c(F)cc1Br. The van der Waals surface area contributed by atoms with Crippen LogP contribution in [0.5, 0.6) is 0 Å². The summed E-state index contributed by atoms with van der Waals surface area (Å²) in [4.78, 5) is -0.507. The van der Waals surface area contributed by atoms with E-state index in [4.69, 9.17) is 5.73 Å². The van der Waals surface area contributed by atoms with Crippen LogP contribution in [0.1, 0.15) is 19.3 Å². The highest BCUT2D eigenvalue weighted by Gasteiger charge is 2.41. The maximum Gasteiger partial charge on any atom is 0.244 e. The molecule has 0 radical (unpaired) electrons. The Bertz CT molecular complexity index is 597. The molecule has 1 aromatic rings. The smallest absolute Gasteiger partial charge is 0.244 e. The summed E-state index contributed by atoms with van der Waals surface area (Å²) < 4.78 is 40.7. The van der Waals surface area contributed by atoms with E-state index in [0.29, 0.717) is 17.3 Å². The Balaban J connectivity index is 2.37. The molecular weight excluding hydrogens is 339 g/mol. The molecule has 8 heteroatoms. The lowest BCUT2D eigenvalue weighted by atomic mass is 9.78. The number of anilines is 1. The molecule has 106 valence electrons. The van der Waals surface area contributed by atoms with Gasteiger partial charge in [0.15, 0.2) is 0 Å². The molecule has 2 rings (SSSR count). The molecule has 0 aliphatic heterocycles. The summed E-state index contributed by atoms with van der Waals surface area (Å²) in [5, 5.41) is 9.26. The van der Waals surface area contributed by atoms with Crippen molar-refractivity contribution in [2.24, 2.45) is 0 Å². The highest BCUT2D eigenvalue weighted by atomic mass is 79.9. The van der Waals surface area contributed by atoms with E-state index in [0.717, 1.165) is 18.6 Å². The van der Waals surface area contributed by atoms with Gasteiger partial charge in [0.05, 0.1) is 12.1 Å². The summed E-state index contributed by atoms with van der Waals surface area (Å²) in [6.45, 7) is -0.306. The second-order valence-corrected chi connectivity index (χ2v) is 7.21. The zero-order chi connectivity index (χ0) is 14.3. The van der Waals surface area contributed by atoms with E-state index in [9.17, 15) is 17.9 Å². The average Bonchev–Trinajstić information content (AvgIpc) is 2.28. The summed E-state index contributed by atoms with van der Waals surface area (Å²) in [7, 11) is -4.05. The van der Waals surface area contributed by atoms with Crippen LogP contribution in [0, 0.1) is 5.82 Å². The summed E-state index contributed by atoms with van der Waals surface area (Å²) in [6, 6.07) is 2.07. The maximum absolute atomic E-state index is 13.8. The molecule has 1 fully saturated rings. The van der Waals surface area contributed by atoms with Crippen molar-refractivity contribution < 1.29 is 17.9 Å². The van der Waals surface area contributed by atoms with Gasteiger partial charge in [-0.05, 0) is 47.3 Å². The quantitative estimate of drug-likeness (QED) is 0.713. The number of aliphatic hydroxyl groups is 1. The Kier molecular flexibility index (Phi) is 3.87. The topological polar surface area (TPSA) is 92.4 Å². The molecule has 1 aliphatic carbocycles. The number of nitrogens with two attached hydrogens (primary N) is 1. The number of nitrogen functional groups attached to an aromatic ring is 1. The van der Waals surface area contributed by atoms with Crippen LogP contribution in [0.25, 0.3) is 0 Å². The van der Waals surface area contributed by atoms with Crippen LogP contribution in [-0.4, -0.2) is 25.7 Å². The maximum atomic E-state index is 13.8. The van der Waals surface area contributed by atoms with Gasteiger partial charge in [-0.25, -0.2) is 17.5 Å². The minimum absolute atomic E-state index is 0.133. The van der Waals surface area contributed by atoms with Crippen molar-refractivity contribution in [2.75, 3.05) is 12.3 Å². The molecular formula is C11H14BrFN2O3S. The zero-order valence-corrected chi connectivity index (χ0v) is 12.4. The highest BCUT2D eigenvalue weighted by Crippen LogP contribution is 2.34. The normalized spacial score (nSPS) is 18.1. The molecule has 0 bridgehead atoms. The van der Waals surface area contributed by atoms with Gasteiger partial charge >= 0.3 is 0 Å². The van der Waals surface area contributed by atoms with Crippen LogP contribution in [-0.2, 0) is 10.0 Å². The number of hydrogen-bond donors (Lipinski definition) is 3. The lowest BCUT2D eigenvalue weighted by Crippen LogP contribution is -2.56. The Morgan fingerprint density at radius 3 is 2.58 bits per heavy atom. The lowest BCUT2D eigenvalue weighted by molar-refractivity contribution is 0.110.